The molecular weight excluding hydrogens is 1480 g/mol. The van der Waals surface area contributed by atoms with E-state index in [1.165, 1.54) is 23.5 Å². The van der Waals surface area contributed by atoms with E-state index >= 15 is 4.79 Å². The minimum absolute atomic E-state index is 0.0102. The zero-order valence-corrected chi connectivity index (χ0v) is 74.6. The number of nitriles is 2. The summed E-state index contributed by atoms with van der Waals surface area (Å²) >= 11 is 0. The van der Waals surface area contributed by atoms with Crippen LogP contribution in [0.15, 0.2) is 46.8 Å². The summed E-state index contributed by atoms with van der Waals surface area (Å²) < 4.78 is 17.2. The summed E-state index contributed by atoms with van der Waals surface area (Å²) in [5, 5.41) is 61.2. The Bertz CT molecular complexity index is 4840. The van der Waals surface area contributed by atoms with Gasteiger partial charge in [-0.05, 0) is 255 Å². The lowest BCUT2D eigenvalue weighted by Crippen LogP contribution is -2.65. The maximum atomic E-state index is 15.0. The number of esters is 2. The van der Waals surface area contributed by atoms with Crippen molar-refractivity contribution in [1.29, 1.82) is 10.5 Å². The Kier molecular flexibility index (Phi) is 22.2. The number of Topliss-reactive ketones (excluding diaryl/α,β-unsaturated/α-hetero) is 2. The van der Waals surface area contributed by atoms with Gasteiger partial charge in [0.1, 0.15) is 41.7 Å². The zero-order valence-electron chi connectivity index (χ0n) is 74.6. The third kappa shape index (κ3) is 13.8. The molecule has 4 heterocycles. The molecule has 0 saturated heterocycles. The number of rotatable bonds is 24. The summed E-state index contributed by atoms with van der Waals surface area (Å²) in [7, 11) is 8.12. The molecule has 1 unspecified atom stereocenters. The highest BCUT2D eigenvalue weighted by molar-refractivity contribution is 6.01. The first-order chi connectivity index (χ1) is 55.2. The molecule has 0 aromatic carbocycles. The number of carbonyl (C=O) groups is 6. The van der Waals surface area contributed by atoms with Gasteiger partial charge in [0.2, 0.25) is 5.82 Å². The van der Waals surface area contributed by atoms with Crippen LogP contribution in [0.3, 0.4) is 0 Å². The molecule has 14 rings (SSSR count). The van der Waals surface area contributed by atoms with Crippen molar-refractivity contribution in [3.8, 4) is 35.3 Å². The Balaban J connectivity index is 0.680. The summed E-state index contributed by atoms with van der Waals surface area (Å²) in [6, 6.07) is 7.84. The molecule has 23 nitrogen and oxygen atoms in total. The number of carboxylic acid groups (broad SMARTS) is 2. The van der Waals surface area contributed by atoms with Crippen LogP contribution >= 0.6 is 0 Å². The van der Waals surface area contributed by atoms with Crippen molar-refractivity contribution in [3.05, 3.63) is 75.3 Å². The Morgan fingerprint density at radius 1 is 0.551 bits per heavy atom. The van der Waals surface area contributed by atoms with Crippen molar-refractivity contribution < 1.29 is 48.5 Å². The zero-order chi connectivity index (χ0) is 85.8. The lowest BCUT2D eigenvalue weighted by Gasteiger charge is -2.72. The molecule has 8 saturated carbocycles. The van der Waals surface area contributed by atoms with Gasteiger partial charge < -0.3 is 38.6 Å². The minimum atomic E-state index is -1.73. The fourth-order valence-electron chi connectivity index (χ4n) is 28.3. The third-order valence-electron chi connectivity index (χ3n) is 34.8. The monoisotopic (exact) mass is 1620 g/mol. The second-order valence-corrected chi connectivity index (χ2v) is 43.6. The standard InChI is InChI=1S/C95H133N13O10/c1-55(2)75-63(109)45-94(38-36-90(14)59(77(75)94)23-26-67-88(12)32-30-69(117-73(111)49-84(5,6)82(113)114)85(7,8)65(88)28-34-92(67,90)16)47-71-101-103-80(107(71)42-40-105(18)19)61-25-22-58(52-97)62(100-61)44-87(11,83(115)116)50-74(112)118-70-31-33-89(13)66(86(70,9)10)29-35-93(17)68(89)27-24-60-78-76(56(3)4)64(110)46-95(78,39-37-91(60,93)15)48-72-102-104-81(108(72)43-41-106(20)21)79-98-53-57(51-96)54-99-79/h22,25,53-56,59-60,65-70H,23-24,26-50H2,1-21H3,(H,113,114)(H,115,116)/t59-,60-,65+,66+,67-,68-,69+,70+,87?,88+,89+,90-,91-,92-,93-,94+,95+/m1/s1. The molecule has 0 spiro atoms. The highest BCUT2D eigenvalue weighted by Gasteiger charge is 2.73. The molecule has 8 fully saturated rings. The van der Waals surface area contributed by atoms with E-state index < -0.39 is 63.5 Å². The van der Waals surface area contributed by atoms with Crippen LogP contribution < -0.4 is 0 Å². The molecule has 4 aromatic rings. The van der Waals surface area contributed by atoms with Crippen LogP contribution in [0.25, 0.3) is 23.2 Å². The second-order valence-electron chi connectivity index (χ2n) is 43.6. The fraction of sp³-hybridized carbons (Fsp3) is 0.737. The van der Waals surface area contributed by atoms with Crippen molar-refractivity contribution in [2.24, 2.45) is 112 Å². The number of ether oxygens (including phenoxy) is 2. The predicted octanol–water partition coefficient (Wildman–Crippen LogP) is 16.3. The van der Waals surface area contributed by atoms with Gasteiger partial charge in [-0.25, -0.2) is 15.0 Å². The number of hydrogen-bond donors (Lipinski definition) is 2. The van der Waals surface area contributed by atoms with Gasteiger partial charge in [-0.1, -0.05) is 108 Å². The van der Waals surface area contributed by atoms with Gasteiger partial charge in [0.25, 0.3) is 0 Å². The van der Waals surface area contributed by atoms with E-state index in [0.29, 0.717) is 92.3 Å². The molecule has 118 heavy (non-hydrogen) atoms. The first kappa shape index (κ1) is 86.5. The normalized spacial score (nSPS) is 34.4. The lowest BCUT2D eigenvalue weighted by atomic mass is 9.33. The maximum Gasteiger partial charge on any atom is 0.310 e. The van der Waals surface area contributed by atoms with E-state index in [1.54, 1.807) is 32.9 Å². The van der Waals surface area contributed by atoms with Crippen molar-refractivity contribution >= 4 is 35.4 Å². The van der Waals surface area contributed by atoms with E-state index in [2.05, 4.69) is 138 Å². The topological polar surface area (TPSA) is 315 Å². The van der Waals surface area contributed by atoms with Gasteiger partial charge in [0.05, 0.1) is 40.5 Å². The molecule has 2 N–H and O–H groups in total. The van der Waals surface area contributed by atoms with Crippen LogP contribution in [0.5, 0.6) is 0 Å². The van der Waals surface area contributed by atoms with E-state index in [9.17, 15) is 44.7 Å². The van der Waals surface area contributed by atoms with Crippen molar-refractivity contribution in [2.45, 2.75) is 291 Å². The van der Waals surface area contributed by atoms with Crippen molar-refractivity contribution in [3.63, 3.8) is 0 Å². The molecule has 10 aliphatic rings. The Morgan fingerprint density at radius 3 is 1.42 bits per heavy atom. The molecule has 638 valence electrons. The first-order valence-corrected chi connectivity index (χ1v) is 44.4. The quantitative estimate of drug-likeness (QED) is 0.0616. The fourth-order valence-corrected chi connectivity index (χ4v) is 28.3. The number of aromatic nitrogens is 9. The number of fused-ring (bicyclic) bond motifs is 14. The minimum Gasteiger partial charge on any atom is -0.481 e. The predicted molar refractivity (Wildman–Crippen MR) is 447 cm³/mol. The second kappa shape index (κ2) is 30.3. The average Bonchev–Trinajstić information content (AvgIpc) is 1.12. The largest absolute Gasteiger partial charge is 0.481 e. The molecule has 0 bridgehead atoms. The van der Waals surface area contributed by atoms with Crippen LogP contribution in [-0.4, -0.2) is 153 Å². The number of nitrogens with zero attached hydrogens (tertiary/aromatic N) is 13. The van der Waals surface area contributed by atoms with Crippen LogP contribution in [-0.2, 0) is 70.6 Å². The molecule has 0 amide bonds. The number of likely N-dealkylation sites (N-methyl/N-ethyl adjacent to an activating group) is 2. The maximum absolute atomic E-state index is 15.0. The van der Waals surface area contributed by atoms with Gasteiger partial charge in [0.15, 0.2) is 23.2 Å². The third-order valence-corrected chi connectivity index (χ3v) is 34.8. The smallest absolute Gasteiger partial charge is 0.310 e. The summed E-state index contributed by atoms with van der Waals surface area (Å²) in [6.45, 7) is 40.1. The van der Waals surface area contributed by atoms with Gasteiger partial charge in [-0.15, -0.1) is 20.4 Å². The van der Waals surface area contributed by atoms with Crippen molar-refractivity contribution in [2.75, 3.05) is 41.3 Å². The molecule has 4 aromatic heterocycles. The van der Waals surface area contributed by atoms with E-state index in [1.807, 2.05) is 28.2 Å². The van der Waals surface area contributed by atoms with Gasteiger partial charge in [-0.2, -0.15) is 10.5 Å². The summed E-state index contributed by atoms with van der Waals surface area (Å²) in [5.41, 5.74) is 0.645. The Morgan fingerprint density at radius 2 is 1.00 bits per heavy atom. The molecule has 10 aliphatic carbocycles. The summed E-state index contributed by atoms with van der Waals surface area (Å²) in [6.07, 6.45) is 17.8. The van der Waals surface area contributed by atoms with Crippen molar-refractivity contribution in [1.82, 2.24) is 54.3 Å². The Hall–Kier alpha value is -7.89. The number of allylic oxidation sites excluding steroid dienone is 4. The number of ketones is 2. The van der Waals surface area contributed by atoms with Crippen LogP contribution in [0.2, 0.25) is 0 Å². The van der Waals surface area contributed by atoms with E-state index in [-0.39, 0.29) is 115 Å². The highest BCUT2D eigenvalue weighted by Crippen LogP contribution is 2.80. The Labute approximate surface area is 699 Å². The lowest BCUT2D eigenvalue weighted by molar-refractivity contribution is -0.233. The number of pyridine rings is 1. The number of aliphatic carboxylic acids is 2. The highest BCUT2D eigenvalue weighted by atomic mass is 16.5. The summed E-state index contributed by atoms with van der Waals surface area (Å²) in [5.74, 6) is 1.81. The van der Waals surface area contributed by atoms with Gasteiger partial charge in [-0.3, -0.25) is 28.8 Å². The van der Waals surface area contributed by atoms with E-state index in [4.69, 9.17) is 34.9 Å². The van der Waals surface area contributed by atoms with Gasteiger partial charge in [0, 0.05) is 92.3 Å². The van der Waals surface area contributed by atoms with Crippen LogP contribution in [0.4, 0.5) is 0 Å². The average molecular weight is 1620 g/mol. The molecular formula is C95H133N13O10. The number of carbonyl (C=O) groups excluding carboxylic acids is 4. The first-order valence-electron chi connectivity index (χ1n) is 44.4. The summed E-state index contributed by atoms with van der Waals surface area (Å²) in [4.78, 5) is 103. The van der Waals surface area contributed by atoms with E-state index in [0.717, 1.165) is 126 Å². The molecule has 0 radical (unpaired) electrons. The number of hydrogen-bond acceptors (Lipinski definition) is 19. The van der Waals surface area contributed by atoms with Crippen LogP contribution in [0.1, 0.15) is 275 Å². The molecule has 17 atom stereocenters. The van der Waals surface area contributed by atoms with Crippen LogP contribution in [0, 0.1) is 135 Å². The SMILES string of the molecule is CC(C)C1=C2[C@H]3CC[C@@H]4[C@@]5(C)CC[C@H](OC(=O)CC(C)(C)C(=O)O)C(C)(C)[C@@H]5CC[C@@]4(C)[C@]3(C)CC[C@@]2(Cc2nnc(-c3ccc(C#N)c(CC(C)(CC(=O)O[C@H]4CC[C@]5(C)[C@H]6CC[C@@H]7C8=C(C(C)C)C(=O)C[C@]8(Cc8nnc(-c9ncc(C#N)cn9)n8CCN(C)C)CC[C@@]7(C)[C@]6(C)CC[C@H]5C4(C)C)C(=O)O)n3)n2CCN(C)C)CC1=O. The molecule has 0 aliphatic heterocycles. The molecule has 23 heteroatoms. The van der Waals surface area contributed by atoms with Gasteiger partial charge >= 0.3 is 23.9 Å². The number of carboxylic acids is 2.